The van der Waals surface area contributed by atoms with Gasteiger partial charge in [-0.2, -0.15) is 0 Å². The lowest BCUT2D eigenvalue weighted by Gasteiger charge is -2.16. The number of nitrogens with two attached hydrogens (primary N) is 1. The number of aromatic nitrogens is 1. The summed E-state index contributed by atoms with van der Waals surface area (Å²) in [4.78, 5) is 29.1. The van der Waals surface area contributed by atoms with Crippen LogP contribution in [0.1, 0.15) is 22.5 Å². The lowest BCUT2D eigenvalue weighted by molar-refractivity contribution is -0.121. The highest BCUT2D eigenvalue weighted by Gasteiger charge is 2.31. The van der Waals surface area contributed by atoms with Crippen LogP contribution in [0.3, 0.4) is 0 Å². The fourth-order valence-corrected chi connectivity index (χ4v) is 2.14. The highest BCUT2D eigenvalue weighted by Crippen LogP contribution is 2.18. The van der Waals surface area contributed by atoms with Crippen LogP contribution in [-0.4, -0.2) is 46.5 Å². The SMILES string of the molecule is NC(=O)C1CCN(C(=O)c2ncccc2C#CCO)C1. The molecule has 2 heterocycles. The first-order valence-electron chi connectivity index (χ1n) is 6.27. The molecule has 1 aromatic rings. The summed E-state index contributed by atoms with van der Waals surface area (Å²) in [6, 6.07) is 3.35. The van der Waals surface area contributed by atoms with Gasteiger partial charge in [-0.15, -0.1) is 0 Å². The van der Waals surface area contributed by atoms with Crippen LogP contribution < -0.4 is 5.73 Å². The van der Waals surface area contributed by atoms with E-state index in [2.05, 4.69) is 16.8 Å². The molecule has 1 aliphatic rings. The third-order valence-corrected chi connectivity index (χ3v) is 3.19. The number of nitrogens with zero attached hydrogens (tertiary/aromatic N) is 2. The number of amides is 2. The summed E-state index contributed by atoms with van der Waals surface area (Å²) in [5.41, 5.74) is 5.95. The number of rotatable bonds is 2. The minimum atomic E-state index is -0.387. The van der Waals surface area contributed by atoms with Gasteiger partial charge in [0.05, 0.1) is 11.5 Å². The number of carbonyl (C=O) groups excluding carboxylic acids is 2. The first-order valence-corrected chi connectivity index (χ1v) is 6.27. The van der Waals surface area contributed by atoms with Crippen molar-refractivity contribution in [3.63, 3.8) is 0 Å². The molecule has 104 valence electrons. The predicted octanol–water partition coefficient (Wildman–Crippen LogP) is -0.627. The molecular weight excluding hydrogens is 258 g/mol. The van der Waals surface area contributed by atoms with Crippen molar-refractivity contribution >= 4 is 11.8 Å². The Labute approximate surface area is 116 Å². The second-order valence-electron chi connectivity index (χ2n) is 4.50. The van der Waals surface area contributed by atoms with Crippen molar-refractivity contribution in [1.29, 1.82) is 0 Å². The third-order valence-electron chi connectivity index (χ3n) is 3.19. The second kappa shape index (κ2) is 6.17. The molecule has 1 aromatic heterocycles. The van der Waals surface area contributed by atoms with Crippen molar-refractivity contribution in [3.8, 4) is 11.8 Å². The summed E-state index contributed by atoms with van der Waals surface area (Å²) in [5, 5.41) is 8.72. The lowest BCUT2D eigenvalue weighted by atomic mass is 10.1. The van der Waals surface area contributed by atoms with E-state index in [1.54, 1.807) is 17.0 Å². The van der Waals surface area contributed by atoms with Crippen molar-refractivity contribution in [2.45, 2.75) is 6.42 Å². The molecule has 0 spiro atoms. The van der Waals surface area contributed by atoms with Gasteiger partial charge < -0.3 is 15.7 Å². The minimum Gasteiger partial charge on any atom is -0.384 e. The minimum absolute atomic E-state index is 0.235. The largest absolute Gasteiger partial charge is 0.384 e. The van der Waals surface area contributed by atoms with Gasteiger partial charge in [-0.25, -0.2) is 4.98 Å². The van der Waals surface area contributed by atoms with Gasteiger partial charge in [0.2, 0.25) is 5.91 Å². The van der Waals surface area contributed by atoms with E-state index in [9.17, 15) is 9.59 Å². The highest BCUT2D eigenvalue weighted by molar-refractivity contribution is 5.95. The van der Waals surface area contributed by atoms with Gasteiger partial charge in [-0.3, -0.25) is 9.59 Å². The van der Waals surface area contributed by atoms with E-state index in [1.165, 1.54) is 6.20 Å². The average Bonchev–Trinajstić information content (AvgIpc) is 2.94. The van der Waals surface area contributed by atoms with Crippen molar-refractivity contribution in [2.75, 3.05) is 19.7 Å². The maximum atomic E-state index is 12.4. The third kappa shape index (κ3) is 2.95. The number of aliphatic hydroxyl groups is 1. The molecule has 0 aliphatic carbocycles. The fourth-order valence-electron chi connectivity index (χ4n) is 2.14. The Morgan fingerprint density at radius 1 is 1.55 bits per heavy atom. The number of aliphatic hydroxyl groups excluding tert-OH is 1. The Hall–Kier alpha value is -2.39. The van der Waals surface area contributed by atoms with Crippen molar-refractivity contribution in [1.82, 2.24) is 9.88 Å². The van der Waals surface area contributed by atoms with Crippen molar-refractivity contribution in [3.05, 3.63) is 29.6 Å². The van der Waals surface area contributed by atoms with Crippen molar-refractivity contribution in [2.24, 2.45) is 11.7 Å². The van der Waals surface area contributed by atoms with Gasteiger partial charge in [0, 0.05) is 19.3 Å². The van der Waals surface area contributed by atoms with Gasteiger partial charge in [0.25, 0.3) is 5.91 Å². The molecule has 6 heteroatoms. The Morgan fingerprint density at radius 2 is 2.35 bits per heavy atom. The maximum Gasteiger partial charge on any atom is 0.273 e. The van der Waals surface area contributed by atoms with E-state index in [-0.39, 0.29) is 30.0 Å². The van der Waals surface area contributed by atoms with Crippen LogP contribution in [0.15, 0.2) is 18.3 Å². The molecule has 1 atom stereocenters. The van der Waals surface area contributed by atoms with E-state index in [0.717, 1.165) is 0 Å². The molecule has 20 heavy (non-hydrogen) atoms. The normalized spacial score (nSPS) is 17.4. The topological polar surface area (TPSA) is 96.5 Å². The molecule has 0 aromatic carbocycles. The summed E-state index contributed by atoms with van der Waals surface area (Å²) >= 11 is 0. The standard InChI is InChI=1S/C14H15N3O3/c15-13(19)11-5-7-17(9-11)14(20)12-10(4-2-8-18)3-1-6-16-12/h1,3,6,11,18H,5,7-9H2,(H2,15,19). The number of pyridine rings is 1. The van der Waals surface area contributed by atoms with Crippen LogP contribution in [-0.2, 0) is 4.79 Å². The Bertz CT molecular complexity index is 589. The zero-order valence-corrected chi connectivity index (χ0v) is 10.9. The predicted molar refractivity (Wildman–Crippen MR) is 71.4 cm³/mol. The Balaban J connectivity index is 2.20. The molecular formula is C14H15N3O3. The Kier molecular flexibility index (Phi) is 4.33. The second-order valence-corrected chi connectivity index (χ2v) is 4.50. The summed E-state index contributed by atoms with van der Waals surface area (Å²) in [5.74, 6) is 4.25. The van der Waals surface area contributed by atoms with Crippen LogP contribution in [0.4, 0.5) is 0 Å². The Morgan fingerprint density at radius 3 is 3.00 bits per heavy atom. The van der Waals surface area contributed by atoms with Crippen LogP contribution >= 0.6 is 0 Å². The molecule has 3 N–H and O–H groups in total. The fraction of sp³-hybridized carbons (Fsp3) is 0.357. The number of hydrogen-bond acceptors (Lipinski definition) is 4. The average molecular weight is 273 g/mol. The summed E-state index contributed by atoms with van der Waals surface area (Å²) < 4.78 is 0. The van der Waals surface area contributed by atoms with E-state index >= 15 is 0 Å². The smallest absolute Gasteiger partial charge is 0.273 e. The molecule has 0 saturated carbocycles. The number of likely N-dealkylation sites (tertiary alicyclic amines) is 1. The van der Waals surface area contributed by atoms with E-state index in [0.29, 0.717) is 25.1 Å². The van der Waals surface area contributed by atoms with Crippen LogP contribution in [0.5, 0.6) is 0 Å². The summed E-state index contributed by atoms with van der Waals surface area (Å²) in [6.07, 6.45) is 2.09. The highest BCUT2D eigenvalue weighted by atomic mass is 16.2. The molecule has 0 radical (unpaired) electrons. The number of carbonyl (C=O) groups is 2. The molecule has 2 rings (SSSR count). The molecule has 1 aliphatic heterocycles. The zero-order valence-electron chi connectivity index (χ0n) is 10.9. The number of hydrogen-bond donors (Lipinski definition) is 2. The quantitative estimate of drug-likeness (QED) is 0.701. The molecule has 1 unspecified atom stereocenters. The van der Waals surface area contributed by atoms with Gasteiger partial charge >= 0.3 is 0 Å². The zero-order chi connectivity index (χ0) is 14.5. The maximum absolute atomic E-state index is 12.4. The summed E-state index contributed by atoms with van der Waals surface area (Å²) in [7, 11) is 0. The summed E-state index contributed by atoms with van der Waals surface area (Å²) in [6.45, 7) is 0.517. The van der Waals surface area contributed by atoms with Crippen LogP contribution in [0, 0.1) is 17.8 Å². The van der Waals surface area contributed by atoms with Crippen LogP contribution in [0.2, 0.25) is 0 Å². The molecule has 6 nitrogen and oxygen atoms in total. The van der Waals surface area contributed by atoms with Crippen LogP contribution in [0.25, 0.3) is 0 Å². The monoisotopic (exact) mass is 273 g/mol. The van der Waals surface area contributed by atoms with E-state index < -0.39 is 0 Å². The lowest BCUT2D eigenvalue weighted by Crippen LogP contribution is -2.32. The first kappa shape index (κ1) is 14.0. The number of primary amides is 1. The van der Waals surface area contributed by atoms with E-state index in [4.69, 9.17) is 10.8 Å². The van der Waals surface area contributed by atoms with Gasteiger partial charge in [0.15, 0.2) is 0 Å². The van der Waals surface area contributed by atoms with E-state index in [1.807, 2.05) is 0 Å². The first-order chi connectivity index (χ1) is 9.63. The van der Waals surface area contributed by atoms with Gasteiger partial charge in [0.1, 0.15) is 12.3 Å². The molecule has 1 saturated heterocycles. The van der Waals surface area contributed by atoms with Crippen molar-refractivity contribution < 1.29 is 14.7 Å². The van der Waals surface area contributed by atoms with Gasteiger partial charge in [-0.05, 0) is 18.6 Å². The molecule has 1 fully saturated rings. The molecule has 2 amide bonds. The van der Waals surface area contributed by atoms with Gasteiger partial charge in [-0.1, -0.05) is 11.8 Å². The molecule has 0 bridgehead atoms.